The SMILES string of the molecule is CC(C)Cc1cc(Cl)nc(-c2ccc(O)cc2)n1. The summed E-state index contributed by atoms with van der Waals surface area (Å²) in [6.07, 6.45) is 0.868. The Bertz CT molecular complexity index is 538. The Labute approximate surface area is 111 Å². The first-order chi connectivity index (χ1) is 8.54. The molecular weight excluding hydrogens is 248 g/mol. The van der Waals surface area contributed by atoms with Crippen molar-refractivity contribution in [1.29, 1.82) is 0 Å². The fraction of sp³-hybridized carbons (Fsp3) is 0.286. The number of aromatic hydroxyl groups is 1. The molecule has 3 nitrogen and oxygen atoms in total. The monoisotopic (exact) mass is 262 g/mol. The molecule has 0 fully saturated rings. The van der Waals surface area contributed by atoms with E-state index in [1.54, 1.807) is 30.3 Å². The number of halogens is 1. The Kier molecular flexibility index (Phi) is 3.82. The summed E-state index contributed by atoms with van der Waals surface area (Å²) < 4.78 is 0. The second-order valence-corrected chi connectivity index (χ2v) is 5.04. The highest BCUT2D eigenvalue weighted by Crippen LogP contribution is 2.21. The molecule has 1 aromatic heterocycles. The Morgan fingerprint density at radius 2 is 1.83 bits per heavy atom. The molecule has 0 aliphatic heterocycles. The van der Waals surface area contributed by atoms with Crippen LogP contribution in [0.25, 0.3) is 11.4 Å². The third-order valence-electron chi connectivity index (χ3n) is 2.49. The van der Waals surface area contributed by atoms with Gasteiger partial charge in [-0.25, -0.2) is 9.97 Å². The average molecular weight is 263 g/mol. The van der Waals surface area contributed by atoms with Crippen molar-refractivity contribution in [1.82, 2.24) is 9.97 Å². The lowest BCUT2D eigenvalue weighted by atomic mass is 10.1. The molecule has 1 N–H and O–H groups in total. The fourth-order valence-corrected chi connectivity index (χ4v) is 1.93. The van der Waals surface area contributed by atoms with E-state index in [0.717, 1.165) is 17.7 Å². The zero-order valence-electron chi connectivity index (χ0n) is 10.4. The van der Waals surface area contributed by atoms with Crippen LogP contribution in [0.4, 0.5) is 0 Å². The first-order valence-electron chi connectivity index (χ1n) is 5.87. The van der Waals surface area contributed by atoms with Crippen LogP contribution in [0, 0.1) is 5.92 Å². The van der Waals surface area contributed by atoms with E-state index >= 15 is 0 Å². The summed E-state index contributed by atoms with van der Waals surface area (Å²) in [5.74, 6) is 1.34. The molecule has 0 atom stereocenters. The van der Waals surface area contributed by atoms with E-state index < -0.39 is 0 Å². The lowest BCUT2D eigenvalue weighted by molar-refractivity contribution is 0.475. The molecule has 0 aliphatic rings. The fourth-order valence-electron chi connectivity index (χ4n) is 1.73. The van der Waals surface area contributed by atoms with Crippen molar-refractivity contribution in [3.63, 3.8) is 0 Å². The molecule has 94 valence electrons. The van der Waals surface area contributed by atoms with Gasteiger partial charge in [-0.05, 0) is 42.7 Å². The van der Waals surface area contributed by atoms with E-state index in [0.29, 0.717) is 16.9 Å². The topological polar surface area (TPSA) is 46.0 Å². The highest BCUT2D eigenvalue weighted by molar-refractivity contribution is 6.29. The maximum Gasteiger partial charge on any atom is 0.161 e. The predicted molar refractivity (Wildman–Crippen MR) is 72.7 cm³/mol. The van der Waals surface area contributed by atoms with Crippen molar-refractivity contribution in [2.24, 2.45) is 5.92 Å². The van der Waals surface area contributed by atoms with Crippen molar-refractivity contribution in [2.75, 3.05) is 0 Å². The quantitative estimate of drug-likeness (QED) is 0.858. The van der Waals surface area contributed by atoms with Crippen LogP contribution >= 0.6 is 11.6 Å². The first kappa shape index (κ1) is 12.8. The van der Waals surface area contributed by atoms with Gasteiger partial charge in [0.05, 0.1) is 0 Å². The van der Waals surface area contributed by atoms with Gasteiger partial charge >= 0.3 is 0 Å². The van der Waals surface area contributed by atoms with Gasteiger partial charge in [-0.3, -0.25) is 0 Å². The van der Waals surface area contributed by atoms with Gasteiger partial charge in [0.15, 0.2) is 5.82 Å². The Morgan fingerprint density at radius 1 is 1.17 bits per heavy atom. The highest BCUT2D eigenvalue weighted by atomic mass is 35.5. The zero-order chi connectivity index (χ0) is 13.1. The molecule has 0 amide bonds. The van der Waals surface area contributed by atoms with E-state index in [1.807, 2.05) is 0 Å². The van der Waals surface area contributed by atoms with Crippen molar-refractivity contribution < 1.29 is 5.11 Å². The molecule has 2 aromatic rings. The van der Waals surface area contributed by atoms with Crippen molar-refractivity contribution in [2.45, 2.75) is 20.3 Å². The lowest BCUT2D eigenvalue weighted by Crippen LogP contribution is -2.00. The van der Waals surface area contributed by atoms with Crippen LogP contribution < -0.4 is 0 Å². The molecule has 0 saturated carbocycles. The van der Waals surface area contributed by atoms with Crippen molar-refractivity contribution in [3.05, 3.63) is 41.2 Å². The van der Waals surface area contributed by atoms with E-state index in [4.69, 9.17) is 11.6 Å². The summed E-state index contributed by atoms with van der Waals surface area (Å²) >= 11 is 6.01. The standard InChI is InChI=1S/C14H15ClN2O/c1-9(2)7-11-8-13(15)17-14(16-11)10-3-5-12(18)6-4-10/h3-6,8-9,18H,7H2,1-2H3. The first-order valence-corrected chi connectivity index (χ1v) is 6.25. The Morgan fingerprint density at radius 3 is 2.44 bits per heavy atom. The summed E-state index contributed by atoms with van der Waals surface area (Å²) in [6.45, 7) is 4.27. The summed E-state index contributed by atoms with van der Waals surface area (Å²) in [4.78, 5) is 8.71. The molecule has 18 heavy (non-hydrogen) atoms. The average Bonchev–Trinajstić information content (AvgIpc) is 2.28. The minimum Gasteiger partial charge on any atom is -0.508 e. The third-order valence-corrected chi connectivity index (χ3v) is 2.68. The van der Waals surface area contributed by atoms with E-state index in [9.17, 15) is 5.11 Å². The highest BCUT2D eigenvalue weighted by Gasteiger charge is 2.07. The maximum atomic E-state index is 9.26. The van der Waals surface area contributed by atoms with E-state index in [2.05, 4.69) is 23.8 Å². The normalized spacial score (nSPS) is 10.9. The van der Waals surface area contributed by atoms with Gasteiger partial charge in [0.25, 0.3) is 0 Å². The van der Waals surface area contributed by atoms with Crippen molar-refractivity contribution >= 4 is 11.6 Å². The summed E-state index contributed by atoms with van der Waals surface area (Å²) in [5, 5.41) is 9.71. The molecular formula is C14H15ClN2O. The number of hydrogen-bond acceptors (Lipinski definition) is 3. The van der Waals surface area contributed by atoms with Crippen LogP contribution in [0.3, 0.4) is 0 Å². The second kappa shape index (κ2) is 5.36. The number of phenols is 1. The molecule has 0 radical (unpaired) electrons. The molecule has 0 spiro atoms. The predicted octanol–water partition coefficient (Wildman–Crippen LogP) is 3.70. The third kappa shape index (κ3) is 3.20. The molecule has 1 aromatic carbocycles. The van der Waals surface area contributed by atoms with Gasteiger partial charge in [0.2, 0.25) is 0 Å². The van der Waals surface area contributed by atoms with Gasteiger partial charge < -0.3 is 5.11 Å². The lowest BCUT2D eigenvalue weighted by Gasteiger charge is -2.07. The number of benzene rings is 1. The molecule has 2 rings (SSSR count). The molecule has 1 heterocycles. The van der Waals surface area contributed by atoms with Gasteiger partial charge in [-0.1, -0.05) is 25.4 Å². The molecule has 0 bridgehead atoms. The van der Waals surface area contributed by atoms with Crippen LogP contribution in [-0.4, -0.2) is 15.1 Å². The molecule has 0 saturated heterocycles. The molecule has 0 aliphatic carbocycles. The van der Waals surface area contributed by atoms with Gasteiger partial charge in [-0.15, -0.1) is 0 Å². The smallest absolute Gasteiger partial charge is 0.161 e. The Hall–Kier alpha value is -1.61. The van der Waals surface area contributed by atoms with Crippen molar-refractivity contribution in [3.8, 4) is 17.1 Å². The summed E-state index contributed by atoms with van der Waals surface area (Å²) in [6, 6.07) is 8.58. The minimum atomic E-state index is 0.225. The van der Waals surface area contributed by atoms with Crippen LogP contribution in [-0.2, 0) is 6.42 Å². The minimum absolute atomic E-state index is 0.225. The van der Waals surface area contributed by atoms with Gasteiger partial charge in [0, 0.05) is 11.3 Å². The Balaban J connectivity index is 2.38. The zero-order valence-corrected chi connectivity index (χ0v) is 11.1. The van der Waals surface area contributed by atoms with E-state index in [1.165, 1.54) is 0 Å². The van der Waals surface area contributed by atoms with Crippen LogP contribution in [0.5, 0.6) is 5.75 Å². The van der Waals surface area contributed by atoms with Crippen LogP contribution in [0.15, 0.2) is 30.3 Å². The molecule has 0 unspecified atom stereocenters. The number of rotatable bonds is 3. The van der Waals surface area contributed by atoms with Crippen LogP contribution in [0.2, 0.25) is 5.15 Å². The number of hydrogen-bond donors (Lipinski definition) is 1. The number of phenolic OH excluding ortho intramolecular Hbond substituents is 1. The summed E-state index contributed by atoms with van der Waals surface area (Å²) in [7, 11) is 0. The number of aromatic nitrogens is 2. The summed E-state index contributed by atoms with van der Waals surface area (Å²) in [5.41, 5.74) is 1.79. The second-order valence-electron chi connectivity index (χ2n) is 4.65. The largest absolute Gasteiger partial charge is 0.508 e. The van der Waals surface area contributed by atoms with Crippen LogP contribution in [0.1, 0.15) is 19.5 Å². The van der Waals surface area contributed by atoms with Gasteiger partial charge in [-0.2, -0.15) is 0 Å². The maximum absolute atomic E-state index is 9.26. The number of nitrogens with zero attached hydrogens (tertiary/aromatic N) is 2. The molecule has 4 heteroatoms. The van der Waals surface area contributed by atoms with Gasteiger partial charge in [0.1, 0.15) is 10.9 Å². The van der Waals surface area contributed by atoms with E-state index in [-0.39, 0.29) is 5.75 Å².